The van der Waals surface area contributed by atoms with Crippen LogP contribution in [0.5, 0.6) is 0 Å². The Kier molecular flexibility index (Phi) is 5.37. The van der Waals surface area contributed by atoms with Crippen molar-refractivity contribution in [3.8, 4) is 0 Å². The van der Waals surface area contributed by atoms with Crippen molar-refractivity contribution in [3.05, 3.63) is 33.9 Å². The van der Waals surface area contributed by atoms with Crippen LogP contribution in [0.3, 0.4) is 0 Å². The van der Waals surface area contributed by atoms with Crippen molar-refractivity contribution in [2.75, 3.05) is 5.32 Å². The second-order valence-electron chi connectivity index (χ2n) is 4.01. The summed E-state index contributed by atoms with van der Waals surface area (Å²) in [6, 6.07) is 4.42. The molecule has 0 aromatic heterocycles. The van der Waals surface area contributed by atoms with Gasteiger partial charge in [0.2, 0.25) is 5.91 Å². The van der Waals surface area contributed by atoms with Crippen molar-refractivity contribution in [2.45, 2.75) is 26.7 Å². The van der Waals surface area contributed by atoms with Crippen LogP contribution in [-0.4, -0.2) is 15.9 Å². The lowest BCUT2D eigenvalue weighted by Gasteiger charge is -2.11. The maximum Gasteiger partial charge on any atom is 0.271 e. The molecule has 1 rings (SSSR count). The number of amides is 1. The molecule has 0 radical (unpaired) electrons. The lowest BCUT2D eigenvalue weighted by atomic mass is 10.2. The van der Waals surface area contributed by atoms with Gasteiger partial charge >= 0.3 is 0 Å². The number of carbonyl (C=O) groups excluding carboxylic acids is 1. The quantitative estimate of drug-likeness (QED) is 0.503. The second-order valence-corrected chi connectivity index (χ2v) is 4.42. The van der Waals surface area contributed by atoms with Crippen LogP contribution < -0.4 is 10.6 Å². The molecule has 0 aliphatic rings. The number of benzene rings is 1. The van der Waals surface area contributed by atoms with Gasteiger partial charge < -0.3 is 10.6 Å². The molecule has 0 aliphatic carbocycles. The molecule has 0 saturated carbocycles. The molecule has 0 bridgehead atoms. The standard InChI is InChI=1S/C12H15N3O3S/c1-3-4-11(16)14-12(19)13-10-7-9(15(17)18)6-5-8(10)2/h5-7H,3-4H2,1-2H3,(H2,13,14,16,19). The Labute approximate surface area is 116 Å². The van der Waals surface area contributed by atoms with Gasteiger partial charge in [0.15, 0.2) is 5.11 Å². The molecule has 102 valence electrons. The molecule has 1 aromatic carbocycles. The summed E-state index contributed by atoms with van der Waals surface area (Å²) in [6.07, 6.45) is 1.11. The monoisotopic (exact) mass is 281 g/mol. The van der Waals surface area contributed by atoms with E-state index in [1.807, 2.05) is 6.92 Å². The Morgan fingerprint density at radius 3 is 2.74 bits per heavy atom. The summed E-state index contributed by atoms with van der Waals surface area (Å²) in [5.41, 5.74) is 1.28. The molecule has 19 heavy (non-hydrogen) atoms. The molecule has 7 heteroatoms. The minimum absolute atomic E-state index is 0.0317. The summed E-state index contributed by atoms with van der Waals surface area (Å²) in [5, 5.41) is 16.1. The summed E-state index contributed by atoms with van der Waals surface area (Å²) in [5.74, 6) is -0.178. The highest BCUT2D eigenvalue weighted by atomic mass is 32.1. The van der Waals surface area contributed by atoms with Crippen LogP contribution in [0.2, 0.25) is 0 Å². The first kappa shape index (κ1) is 15.0. The average molecular weight is 281 g/mol. The van der Waals surface area contributed by atoms with Gasteiger partial charge in [0.05, 0.1) is 4.92 Å². The van der Waals surface area contributed by atoms with Crippen LogP contribution in [0.15, 0.2) is 18.2 Å². The number of nitro benzene ring substituents is 1. The van der Waals surface area contributed by atoms with E-state index in [1.165, 1.54) is 12.1 Å². The van der Waals surface area contributed by atoms with E-state index >= 15 is 0 Å². The third kappa shape index (κ3) is 4.63. The van der Waals surface area contributed by atoms with Crippen molar-refractivity contribution in [2.24, 2.45) is 0 Å². The van der Waals surface area contributed by atoms with Crippen molar-refractivity contribution in [3.63, 3.8) is 0 Å². The highest BCUT2D eigenvalue weighted by Crippen LogP contribution is 2.21. The van der Waals surface area contributed by atoms with Gasteiger partial charge in [-0.25, -0.2) is 0 Å². The number of thiocarbonyl (C=S) groups is 1. The van der Waals surface area contributed by atoms with Gasteiger partial charge in [-0.3, -0.25) is 14.9 Å². The topological polar surface area (TPSA) is 84.3 Å². The number of hydrogen-bond donors (Lipinski definition) is 2. The number of non-ortho nitro benzene ring substituents is 1. The number of nitro groups is 1. The van der Waals surface area contributed by atoms with Gasteiger partial charge in [0, 0.05) is 24.2 Å². The molecule has 0 spiro atoms. The van der Waals surface area contributed by atoms with E-state index in [1.54, 1.807) is 13.0 Å². The third-order valence-corrected chi connectivity index (χ3v) is 2.61. The lowest BCUT2D eigenvalue weighted by Crippen LogP contribution is -2.34. The van der Waals surface area contributed by atoms with E-state index in [0.29, 0.717) is 12.1 Å². The maximum atomic E-state index is 11.4. The normalized spacial score (nSPS) is 9.79. The zero-order valence-electron chi connectivity index (χ0n) is 10.7. The maximum absolute atomic E-state index is 11.4. The molecular formula is C12H15N3O3S. The van der Waals surface area contributed by atoms with Crippen LogP contribution in [0.4, 0.5) is 11.4 Å². The first-order valence-corrected chi connectivity index (χ1v) is 6.20. The number of aryl methyl sites for hydroxylation is 1. The first-order valence-electron chi connectivity index (χ1n) is 5.80. The van der Waals surface area contributed by atoms with Crippen LogP contribution in [0.1, 0.15) is 25.3 Å². The fourth-order valence-corrected chi connectivity index (χ4v) is 1.65. The number of hydrogen-bond acceptors (Lipinski definition) is 4. The molecule has 0 saturated heterocycles. The van der Waals surface area contributed by atoms with Crippen molar-refractivity contribution >= 4 is 34.6 Å². The summed E-state index contributed by atoms with van der Waals surface area (Å²) < 4.78 is 0. The largest absolute Gasteiger partial charge is 0.332 e. The van der Waals surface area contributed by atoms with E-state index in [2.05, 4.69) is 10.6 Å². The average Bonchev–Trinajstić information content (AvgIpc) is 2.31. The van der Waals surface area contributed by atoms with Crippen LogP contribution in [-0.2, 0) is 4.79 Å². The number of rotatable bonds is 4. The molecule has 1 amide bonds. The van der Waals surface area contributed by atoms with Gasteiger partial charge in [-0.05, 0) is 31.1 Å². The van der Waals surface area contributed by atoms with E-state index in [0.717, 1.165) is 12.0 Å². The van der Waals surface area contributed by atoms with Crippen LogP contribution in [0.25, 0.3) is 0 Å². The van der Waals surface area contributed by atoms with Gasteiger partial charge in [-0.1, -0.05) is 13.0 Å². The zero-order chi connectivity index (χ0) is 14.4. The molecule has 0 aliphatic heterocycles. The highest BCUT2D eigenvalue weighted by Gasteiger charge is 2.10. The predicted molar refractivity (Wildman–Crippen MR) is 77.1 cm³/mol. The molecule has 0 unspecified atom stereocenters. The summed E-state index contributed by atoms with van der Waals surface area (Å²) in [6.45, 7) is 3.68. The van der Waals surface area contributed by atoms with E-state index < -0.39 is 4.92 Å². The fraction of sp³-hybridized carbons (Fsp3) is 0.333. The minimum Gasteiger partial charge on any atom is -0.332 e. The Balaban J connectivity index is 2.76. The van der Waals surface area contributed by atoms with E-state index in [9.17, 15) is 14.9 Å². The summed E-state index contributed by atoms with van der Waals surface area (Å²) in [4.78, 5) is 21.6. The zero-order valence-corrected chi connectivity index (χ0v) is 11.5. The number of carbonyl (C=O) groups is 1. The number of nitrogens with one attached hydrogen (secondary N) is 2. The van der Waals surface area contributed by atoms with Crippen LogP contribution >= 0.6 is 12.2 Å². The van der Waals surface area contributed by atoms with E-state index in [-0.39, 0.29) is 16.7 Å². The van der Waals surface area contributed by atoms with Gasteiger partial charge in [-0.15, -0.1) is 0 Å². The molecule has 1 aromatic rings. The van der Waals surface area contributed by atoms with Gasteiger partial charge in [-0.2, -0.15) is 0 Å². The lowest BCUT2D eigenvalue weighted by molar-refractivity contribution is -0.384. The van der Waals surface area contributed by atoms with Crippen molar-refractivity contribution in [1.29, 1.82) is 0 Å². The molecule has 2 N–H and O–H groups in total. The van der Waals surface area contributed by atoms with Crippen molar-refractivity contribution in [1.82, 2.24) is 5.32 Å². The molecule has 6 nitrogen and oxygen atoms in total. The third-order valence-electron chi connectivity index (χ3n) is 2.41. The SMILES string of the molecule is CCCC(=O)NC(=S)Nc1cc([N+](=O)[O-])ccc1C. The summed E-state index contributed by atoms with van der Waals surface area (Å²) in [7, 11) is 0. The van der Waals surface area contributed by atoms with Crippen molar-refractivity contribution < 1.29 is 9.72 Å². The number of nitrogens with zero attached hydrogens (tertiary/aromatic N) is 1. The fourth-order valence-electron chi connectivity index (χ4n) is 1.43. The van der Waals surface area contributed by atoms with Gasteiger partial charge in [0.1, 0.15) is 0 Å². The Morgan fingerprint density at radius 1 is 1.47 bits per heavy atom. The Hall–Kier alpha value is -2.02. The molecular weight excluding hydrogens is 266 g/mol. The predicted octanol–water partition coefficient (Wildman–Crippen LogP) is 2.52. The summed E-state index contributed by atoms with van der Waals surface area (Å²) >= 11 is 4.98. The number of anilines is 1. The molecule has 0 fully saturated rings. The second kappa shape index (κ2) is 6.79. The van der Waals surface area contributed by atoms with E-state index in [4.69, 9.17) is 12.2 Å². The smallest absolute Gasteiger partial charge is 0.271 e. The first-order chi connectivity index (χ1) is 8.93. The minimum atomic E-state index is -0.483. The van der Waals surface area contributed by atoms with Gasteiger partial charge in [0.25, 0.3) is 5.69 Å². The Morgan fingerprint density at radius 2 is 2.16 bits per heavy atom. The Bertz CT molecular complexity index is 517. The highest BCUT2D eigenvalue weighted by molar-refractivity contribution is 7.80. The molecule has 0 heterocycles. The molecule has 0 atom stereocenters. The van der Waals surface area contributed by atoms with Crippen LogP contribution in [0, 0.1) is 17.0 Å².